The second-order valence-electron chi connectivity index (χ2n) is 9.05. The van der Waals surface area contributed by atoms with Crippen molar-refractivity contribution in [1.82, 2.24) is 24.3 Å². The Morgan fingerprint density at radius 3 is 2.79 bits per heavy atom. The molecule has 0 bridgehead atoms. The first kappa shape index (κ1) is 25.7. The van der Waals surface area contributed by atoms with E-state index in [4.69, 9.17) is 10.5 Å². The van der Waals surface area contributed by atoms with Crippen molar-refractivity contribution in [3.05, 3.63) is 78.5 Å². The molecule has 1 aromatic carbocycles. The summed E-state index contributed by atoms with van der Waals surface area (Å²) in [5.41, 5.74) is 11.2. The van der Waals surface area contributed by atoms with Gasteiger partial charge >= 0.3 is 0 Å². The van der Waals surface area contributed by atoms with Crippen LogP contribution < -0.4 is 15.8 Å². The summed E-state index contributed by atoms with van der Waals surface area (Å²) in [4.78, 5) is 19.9. The summed E-state index contributed by atoms with van der Waals surface area (Å²) in [6, 6.07) is 14.1. The van der Waals surface area contributed by atoms with Crippen LogP contribution in [-0.4, -0.2) is 75.3 Å². The Morgan fingerprint density at radius 1 is 1.18 bits per heavy atom. The van der Waals surface area contributed by atoms with E-state index in [0.717, 1.165) is 70.2 Å². The van der Waals surface area contributed by atoms with Gasteiger partial charge in [-0.1, -0.05) is 24.3 Å². The number of imidazole rings is 1. The minimum absolute atomic E-state index is 0.628. The normalized spacial score (nSPS) is 14.7. The minimum atomic E-state index is 0.628. The van der Waals surface area contributed by atoms with E-state index in [9.17, 15) is 0 Å². The van der Waals surface area contributed by atoms with E-state index in [1.807, 2.05) is 58.9 Å². The van der Waals surface area contributed by atoms with Crippen molar-refractivity contribution in [3.8, 4) is 17.1 Å². The third kappa shape index (κ3) is 5.98. The number of thioether (sulfide) groups is 1. The molecule has 1 fully saturated rings. The van der Waals surface area contributed by atoms with Gasteiger partial charge in [0.15, 0.2) is 0 Å². The number of nitrogens with zero attached hydrogens (tertiary/aromatic N) is 6. The van der Waals surface area contributed by atoms with Crippen LogP contribution in [0.3, 0.4) is 0 Å². The molecule has 196 valence electrons. The molecule has 3 N–H and O–H groups in total. The van der Waals surface area contributed by atoms with Crippen LogP contribution in [0.4, 0.5) is 5.82 Å². The lowest BCUT2D eigenvalue weighted by atomic mass is 10.1. The molecule has 3 aromatic heterocycles. The second kappa shape index (κ2) is 12.1. The summed E-state index contributed by atoms with van der Waals surface area (Å²) in [6.45, 7) is 4.55. The standard InChI is InChI=1S/C28H32N8OS/c1-30-15-22(13-29)21-5-3-20(4-6-21)14-31-27-12-25(33-19-34-27)26-16-32-28-11-23(7-8-36(26)28)37-10-9-35-17-24(18-35)38-2/h3-8,11-13,15-16,19,24H,9-10,14,17-18,29H2,1-2H3,(H,31,33,34)/b22-13+,30-15?. The zero-order valence-corrected chi connectivity index (χ0v) is 22.4. The first-order chi connectivity index (χ1) is 18.7. The van der Waals surface area contributed by atoms with Gasteiger partial charge in [-0.05, 0) is 23.4 Å². The van der Waals surface area contributed by atoms with Crippen LogP contribution in [0, 0.1) is 0 Å². The molecule has 0 unspecified atom stereocenters. The van der Waals surface area contributed by atoms with Gasteiger partial charge in [0, 0.05) is 74.8 Å². The van der Waals surface area contributed by atoms with Crippen LogP contribution >= 0.6 is 11.8 Å². The topological polar surface area (TPSA) is 106 Å². The number of benzene rings is 1. The highest BCUT2D eigenvalue weighted by molar-refractivity contribution is 7.99. The first-order valence-electron chi connectivity index (χ1n) is 12.5. The molecule has 10 heteroatoms. The summed E-state index contributed by atoms with van der Waals surface area (Å²) >= 11 is 1.94. The minimum Gasteiger partial charge on any atom is -0.492 e. The molecule has 5 rings (SSSR count). The van der Waals surface area contributed by atoms with E-state index in [2.05, 4.69) is 48.5 Å². The molecule has 1 saturated heterocycles. The van der Waals surface area contributed by atoms with Crippen molar-refractivity contribution in [2.75, 3.05) is 44.9 Å². The van der Waals surface area contributed by atoms with E-state index in [1.54, 1.807) is 25.8 Å². The Labute approximate surface area is 226 Å². The van der Waals surface area contributed by atoms with Crippen molar-refractivity contribution in [2.45, 2.75) is 11.8 Å². The molecule has 1 aliphatic rings. The number of hydrogen-bond donors (Lipinski definition) is 2. The number of likely N-dealkylation sites (tertiary alicyclic amines) is 1. The molecule has 1 aliphatic heterocycles. The number of hydrogen-bond acceptors (Lipinski definition) is 9. The Morgan fingerprint density at radius 2 is 2.03 bits per heavy atom. The smallest absolute Gasteiger partial charge is 0.140 e. The maximum atomic E-state index is 5.98. The molecule has 0 amide bonds. The zero-order valence-electron chi connectivity index (χ0n) is 21.6. The largest absolute Gasteiger partial charge is 0.492 e. The van der Waals surface area contributed by atoms with Crippen LogP contribution in [0.2, 0.25) is 0 Å². The van der Waals surface area contributed by atoms with Crippen molar-refractivity contribution in [1.29, 1.82) is 0 Å². The van der Waals surface area contributed by atoms with E-state index < -0.39 is 0 Å². The van der Waals surface area contributed by atoms with Gasteiger partial charge in [-0.2, -0.15) is 11.8 Å². The van der Waals surface area contributed by atoms with Crippen molar-refractivity contribution < 1.29 is 4.74 Å². The van der Waals surface area contributed by atoms with Crippen LogP contribution in [0.1, 0.15) is 11.1 Å². The first-order valence-corrected chi connectivity index (χ1v) is 13.8. The second-order valence-corrected chi connectivity index (χ2v) is 10.2. The van der Waals surface area contributed by atoms with Gasteiger partial charge in [-0.25, -0.2) is 15.0 Å². The highest BCUT2D eigenvalue weighted by Crippen LogP contribution is 2.24. The molecular weight excluding hydrogens is 496 g/mol. The zero-order chi connectivity index (χ0) is 26.3. The number of anilines is 1. The van der Waals surface area contributed by atoms with Gasteiger partial charge in [0.05, 0.1) is 17.6 Å². The fraction of sp³-hybridized carbons (Fsp3) is 0.286. The van der Waals surface area contributed by atoms with Crippen LogP contribution in [0.15, 0.2) is 72.4 Å². The highest BCUT2D eigenvalue weighted by atomic mass is 32.2. The van der Waals surface area contributed by atoms with E-state index >= 15 is 0 Å². The number of nitrogens with two attached hydrogens (primary N) is 1. The lowest BCUT2D eigenvalue weighted by Gasteiger charge is -2.37. The van der Waals surface area contributed by atoms with Crippen molar-refractivity contribution >= 4 is 35.0 Å². The quantitative estimate of drug-likeness (QED) is 0.283. The van der Waals surface area contributed by atoms with Gasteiger partial charge in [0.2, 0.25) is 0 Å². The van der Waals surface area contributed by atoms with E-state index in [0.29, 0.717) is 13.2 Å². The van der Waals surface area contributed by atoms with Gasteiger partial charge < -0.3 is 15.8 Å². The Balaban J connectivity index is 1.20. The highest BCUT2D eigenvalue weighted by Gasteiger charge is 2.25. The van der Waals surface area contributed by atoms with Gasteiger partial charge in [0.1, 0.15) is 30.1 Å². The summed E-state index contributed by atoms with van der Waals surface area (Å²) in [5.74, 6) is 1.56. The number of pyridine rings is 1. The Bertz CT molecular complexity index is 1430. The molecule has 0 atom stereocenters. The van der Waals surface area contributed by atoms with Crippen LogP contribution in [0.25, 0.3) is 22.6 Å². The number of nitrogens with one attached hydrogen (secondary N) is 1. The summed E-state index contributed by atoms with van der Waals surface area (Å²) in [6.07, 6.45) is 10.9. The molecule has 0 saturated carbocycles. The number of fused-ring (bicyclic) bond motifs is 1. The number of aliphatic imine (C=N–C) groups is 1. The number of rotatable bonds is 11. The van der Waals surface area contributed by atoms with Gasteiger partial charge in [-0.3, -0.25) is 14.3 Å². The molecule has 9 nitrogen and oxygen atoms in total. The maximum Gasteiger partial charge on any atom is 0.140 e. The van der Waals surface area contributed by atoms with E-state index in [-0.39, 0.29) is 0 Å². The fourth-order valence-corrected chi connectivity index (χ4v) is 5.06. The molecule has 4 heterocycles. The molecule has 0 aliphatic carbocycles. The third-order valence-corrected chi connectivity index (χ3v) is 7.52. The number of ether oxygens (including phenoxy) is 1. The van der Waals surface area contributed by atoms with Crippen molar-refractivity contribution in [3.63, 3.8) is 0 Å². The average Bonchev–Trinajstić information content (AvgIpc) is 3.36. The molecular formula is C28H32N8OS. The van der Waals surface area contributed by atoms with E-state index in [1.165, 1.54) is 0 Å². The predicted octanol–water partition coefficient (Wildman–Crippen LogP) is 3.83. The van der Waals surface area contributed by atoms with Gasteiger partial charge in [0.25, 0.3) is 0 Å². The fourth-order valence-electron chi connectivity index (χ4n) is 4.34. The maximum absolute atomic E-state index is 5.98. The summed E-state index contributed by atoms with van der Waals surface area (Å²) in [5, 5.41) is 4.16. The molecule has 0 radical (unpaired) electrons. The van der Waals surface area contributed by atoms with Crippen LogP contribution in [0.5, 0.6) is 5.75 Å². The lowest BCUT2D eigenvalue weighted by molar-refractivity contribution is 0.154. The summed E-state index contributed by atoms with van der Waals surface area (Å²) in [7, 11) is 1.73. The van der Waals surface area contributed by atoms with Crippen LogP contribution in [-0.2, 0) is 6.54 Å². The average molecular weight is 529 g/mol. The van der Waals surface area contributed by atoms with Gasteiger partial charge in [-0.15, -0.1) is 0 Å². The predicted molar refractivity (Wildman–Crippen MR) is 156 cm³/mol. The third-order valence-electron chi connectivity index (χ3n) is 6.56. The number of allylic oxidation sites excluding steroid dienone is 1. The molecule has 4 aromatic rings. The monoisotopic (exact) mass is 528 g/mol. The Hall–Kier alpha value is -3.89. The Kier molecular flexibility index (Phi) is 8.20. The molecule has 38 heavy (non-hydrogen) atoms. The summed E-state index contributed by atoms with van der Waals surface area (Å²) < 4.78 is 8.00. The number of aromatic nitrogens is 4. The SMILES string of the molecule is CN=C/C(=C\N)c1ccc(CNc2cc(-c3cnc4cc(OCCN5CC(SC)C5)ccn34)ncn2)cc1. The lowest BCUT2D eigenvalue weighted by Crippen LogP contribution is -2.50. The molecule has 0 spiro atoms. The van der Waals surface area contributed by atoms with Crippen molar-refractivity contribution in [2.24, 2.45) is 10.7 Å².